The summed E-state index contributed by atoms with van der Waals surface area (Å²) in [5.41, 5.74) is 2.37. The van der Waals surface area contributed by atoms with Crippen LogP contribution in [0.2, 0.25) is 0 Å². The van der Waals surface area contributed by atoms with Gasteiger partial charge < -0.3 is 19.2 Å². The van der Waals surface area contributed by atoms with Crippen LogP contribution < -0.4 is 4.74 Å². The van der Waals surface area contributed by atoms with Gasteiger partial charge in [-0.3, -0.25) is 9.59 Å². The number of ketones is 1. The molecule has 176 valence electrons. The molecule has 0 spiro atoms. The standard InChI is InChI=1S/C28H29NO5/c1-4-14-33-22-8-5-7-21(16-22)26(30)24-25(20-12-10-19(11-13-20)18(2)3)29(28(32)27(24)31)17-23-9-6-15-34-23/h5-13,15-16,18,25,30H,4,14,17H2,1-3H3/b26-24+. The van der Waals surface area contributed by atoms with Gasteiger partial charge in [0.25, 0.3) is 11.7 Å². The lowest BCUT2D eigenvalue weighted by Crippen LogP contribution is -2.29. The van der Waals surface area contributed by atoms with Crippen molar-refractivity contribution in [2.24, 2.45) is 0 Å². The molecule has 2 aromatic carbocycles. The second-order valence-corrected chi connectivity index (χ2v) is 8.70. The van der Waals surface area contributed by atoms with Gasteiger partial charge in [-0.1, -0.05) is 57.2 Å². The van der Waals surface area contributed by atoms with Crippen molar-refractivity contribution in [3.63, 3.8) is 0 Å². The first-order chi connectivity index (χ1) is 16.4. The van der Waals surface area contributed by atoms with E-state index in [9.17, 15) is 14.7 Å². The Morgan fingerprint density at radius 2 is 1.85 bits per heavy atom. The summed E-state index contributed by atoms with van der Waals surface area (Å²) in [6.45, 7) is 6.87. The Morgan fingerprint density at radius 3 is 2.50 bits per heavy atom. The minimum atomic E-state index is -0.744. The number of carbonyl (C=O) groups is 2. The zero-order valence-corrected chi connectivity index (χ0v) is 19.7. The molecular formula is C28H29NO5. The first kappa shape index (κ1) is 23.4. The molecule has 0 radical (unpaired) electrons. The Morgan fingerprint density at radius 1 is 1.09 bits per heavy atom. The van der Waals surface area contributed by atoms with Crippen molar-refractivity contribution in [2.75, 3.05) is 6.61 Å². The van der Waals surface area contributed by atoms with Gasteiger partial charge in [0.1, 0.15) is 17.3 Å². The SMILES string of the molecule is CCCOc1cccc(/C(O)=C2\C(=O)C(=O)N(Cc3ccco3)C2c2ccc(C(C)C)cc2)c1. The van der Waals surface area contributed by atoms with Gasteiger partial charge in [0.15, 0.2) is 0 Å². The summed E-state index contributed by atoms with van der Waals surface area (Å²) in [5, 5.41) is 11.3. The predicted molar refractivity (Wildman–Crippen MR) is 129 cm³/mol. The van der Waals surface area contributed by atoms with E-state index < -0.39 is 17.7 Å². The number of furan rings is 1. The monoisotopic (exact) mass is 459 g/mol. The number of likely N-dealkylation sites (tertiary alicyclic amines) is 1. The molecule has 2 heterocycles. The van der Waals surface area contributed by atoms with E-state index in [0.29, 0.717) is 29.6 Å². The fraction of sp³-hybridized carbons (Fsp3) is 0.286. The van der Waals surface area contributed by atoms with Crippen LogP contribution in [0.25, 0.3) is 5.76 Å². The number of hydrogen-bond donors (Lipinski definition) is 1. The number of ether oxygens (including phenoxy) is 1. The van der Waals surface area contributed by atoms with E-state index in [1.54, 1.807) is 36.4 Å². The number of hydrogen-bond acceptors (Lipinski definition) is 5. The van der Waals surface area contributed by atoms with Crippen LogP contribution >= 0.6 is 0 Å². The molecule has 0 bridgehead atoms. The van der Waals surface area contributed by atoms with Gasteiger partial charge in [0, 0.05) is 5.56 Å². The molecule has 1 unspecified atom stereocenters. The van der Waals surface area contributed by atoms with Crippen molar-refractivity contribution < 1.29 is 23.8 Å². The Bertz CT molecular complexity index is 1190. The summed E-state index contributed by atoms with van der Waals surface area (Å²) < 4.78 is 11.1. The molecule has 1 fully saturated rings. The van der Waals surface area contributed by atoms with E-state index in [1.807, 2.05) is 31.2 Å². The lowest BCUT2D eigenvalue weighted by atomic mass is 9.93. The maximum absolute atomic E-state index is 13.2. The molecular weight excluding hydrogens is 430 g/mol. The molecule has 1 aliphatic rings. The fourth-order valence-corrected chi connectivity index (χ4v) is 4.13. The van der Waals surface area contributed by atoms with E-state index in [-0.39, 0.29) is 17.9 Å². The van der Waals surface area contributed by atoms with Gasteiger partial charge in [0.2, 0.25) is 0 Å². The fourth-order valence-electron chi connectivity index (χ4n) is 4.13. The number of aliphatic hydroxyl groups excluding tert-OH is 1. The molecule has 1 N–H and O–H groups in total. The average molecular weight is 460 g/mol. The van der Waals surface area contributed by atoms with Gasteiger partial charge in [0.05, 0.1) is 31.0 Å². The number of amides is 1. The van der Waals surface area contributed by atoms with Crippen molar-refractivity contribution in [3.05, 3.63) is 95.0 Å². The van der Waals surface area contributed by atoms with Crippen molar-refractivity contribution in [2.45, 2.75) is 45.7 Å². The maximum Gasteiger partial charge on any atom is 0.296 e. The van der Waals surface area contributed by atoms with Crippen LogP contribution in [-0.2, 0) is 16.1 Å². The minimum Gasteiger partial charge on any atom is -0.507 e. The topological polar surface area (TPSA) is 80.0 Å². The summed E-state index contributed by atoms with van der Waals surface area (Å²) in [6.07, 6.45) is 2.38. The first-order valence-electron chi connectivity index (χ1n) is 11.5. The minimum absolute atomic E-state index is 0.0569. The molecule has 1 aliphatic heterocycles. The van der Waals surface area contributed by atoms with Crippen molar-refractivity contribution in [1.82, 2.24) is 4.90 Å². The third kappa shape index (κ3) is 4.62. The Hall–Kier alpha value is -3.80. The van der Waals surface area contributed by atoms with E-state index in [1.165, 1.54) is 11.2 Å². The van der Waals surface area contributed by atoms with Crippen LogP contribution in [0.4, 0.5) is 0 Å². The summed E-state index contributed by atoms with van der Waals surface area (Å²) >= 11 is 0. The zero-order chi connectivity index (χ0) is 24.2. The molecule has 6 nitrogen and oxygen atoms in total. The van der Waals surface area contributed by atoms with Gasteiger partial charge in [-0.25, -0.2) is 0 Å². The number of aliphatic hydroxyl groups is 1. The Balaban J connectivity index is 1.81. The molecule has 6 heteroatoms. The predicted octanol–water partition coefficient (Wildman–Crippen LogP) is 5.81. The van der Waals surface area contributed by atoms with Crippen LogP contribution in [0.15, 0.2) is 76.9 Å². The highest BCUT2D eigenvalue weighted by Gasteiger charge is 2.46. The molecule has 1 atom stereocenters. The molecule has 1 amide bonds. The quantitative estimate of drug-likeness (QED) is 0.261. The molecule has 34 heavy (non-hydrogen) atoms. The number of carbonyl (C=O) groups excluding carboxylic acids is 2. The second kappa shape index (κ2) is 10.00. The first-order valence-corrected chi connectivity index (χ1v) is 11.5. The van der Waals surface area contributed by atoms with Gasteiger partial charge in [-0.2, -0.15) is 0 Å². The van der Waals surface area contributed by atoms with Crippen molar-refractivity contribution in [1.29, 1.82) is 0 Å². The number of Topliss-reactive ketones (excluding diaryl/α,β-unsaturated/α-hetero) is 1. The zero-order valence-electron chi connectivity index (χ0n) is 19.7. The normalized spacial score (nSPS) is 17.5. The highest BCUT2D eigenvalue weighted by atomic mass is 16.5. The van der Waals surface area contributed by atoms with Crippen LogP contribution in [0.3, 0.4) is 0 Å². The van der Waals surface area contributed by atoms with Crippen LogP contribution in [0.1, 0.15) is 61.6 Å². The molecule has 4 rings (SSSR count). The maximum atomic E-state index is 13.2. The number of rotatable bonds is 8. The molecule has 3 aromatic rings. The van der Waals surface area contributed by atoms with E-state index >= 15 is 0 Å². The second-order valence-electron chi connectivity index (χ2n) is 8.70. The Labute approximate surface area is 199 Å². The third-order valence-electron chi connectivity index (χ3n) is 5.95. The lowest BCUT2D eigenvalue weighted by molar-refractivity contribution is -0.140. The Kier molecular flexibility index (Phi) is 6.87. The molecule has 0 saturated carbocycles. The highest BCUT2D eigenvalue weighted by molar-refractivity contribution is 6.46. The molecule has 1 saturated heterocycles. The van der Waals surface area contributed by atoms with Gasteiger partial charge >= 0.3 is 0 Å². The van der Waals surface area contributed by atoms with E-state index in [4.69, 9.17) is 9.15 Å². The largest absolute Gasteiger partial charge is 0.507 e. The van der Waals surface area contributed by atoms with Crippen molar-refractivity contribution in [3.8, 4) is 5.75 Å². The summed E-state index contributed by atoms with van der Waals surface area (Å²) in [7, 11) is 0. The molecule has 1 aromatic heterocycles. The van der Waals surface area contributed by atoms with Crippen LogP contribution in [0, 0.1) is 0 Å². The number of nitrogens with zero attached hydrogens (tertiary/aromatic N) is 1. The summed E-state index contributed by atoms with van der Waals surface area (Å²) in [6, 6.07) is 17.5. The average Bonchev–Trinajstić information content (AvgIpc) is 3.45. The number of benzene rings is 2. The molecule has 0 aliphatic carbocycles. The summed E-state index contributed by atoms with van der Waals surface area (Å²) in [5.74, 6) is -0.125. The smallest absolute Gasteiger partial charge is 0.296 e. The van der Waals surface area contributed by atoms with Gasteiger partial charge in [-0.15, -0.1) is 0 Å². The lowest BCUT2D eigenvalue weighted by Gasteiger charge is -2.25. The summed E-state index contributed by atoms with van der Waals surface area (Å²) in [4.78, 5) is 27.8. The van der Waals surface area contributed by atoms with E-state index in [2.05, 4.69) is 13.8 Å². The van der Waals surface area contributed by atoms with Crippen LogP contribution in [-0.4, -0.2) is 28.3 Å². The van der Waals surface area contributed by atoms with E-state index in [0.717, 1.165) is 17.5 Å². The highest BCUT2D eigenvalue weighted by Crippen LogP contribution is 2.41. The van der Waals surface area contributed by atoms with Gasteiger partial charge in [-0.05, 0) is 47.7 Å². The third-order valence-corrected chi connectivity index (χ3v) is 5.95. The van der Waals surface area contributed by atoms with Crippen LogP contribution in [0.5, 0.6) is 5.75 Å². The van der Waals surface area contributed by atoms with Crippen molar-refractivity contribution >= 4 is 17.4 Å².